The molecule has 1 heterocycles. The number of fused-ring (bicyclic) bond motifs is 1. The number of anilines is 1. The number of rotatable bonds is 3. The molecule has 0 atom stereocenters. The van der Waals surface area contributed by atoms with Crippen molar-refractivity contribution in [2.75, 3.05) is 12.4 Å². The van der Waals surface area contributed by atoms with Crippen LogP contribution in [-0.2, 0) is 14.8 Å². The average molecular weight is 362 g/mol. The summed E-state index contributed by atoms with van der Waals surface area (Å²) in [5.41, 5.74) is 1.23. The molecule has 1 aliphatic heterocycles. The Morgan fingerprint density at radius 2 is 1.72 bits per heavy atom. The highest BCUT2D eigenvalue weighted by Gasteiger charge is 2.26. The van der Waals surface area contributed by atoms with Crippen LogP contribution < -0.4 is 10.0 Å². The van der Waals surface area contributed by atoms with Crippen molar-refractivity contribution >= 4 is 33.3 Å². The number of phenols is 3. The summed E-state index contributed by atoms with van der Waals surface area (Å²) in [7, 11) is -2.40. The summed E-state index contributed by atoms with van der Waals surface area (Å²) in [6, 6.07) is 6.53. The van der Waals surface area contributed by atoms with Crippen molar-refractivity contribution in [1.82, 2.24) is 4.72 Å². The number of amides is 1. The summed E-state index contributed by atoms with van der Waals surface area (Å²) in [4.78, 5) is 12.2. The second kappa shape index (κ2) is 5.80. The molecule has 0 aliphatic carbocycles. The lowest BCUT2D eigenvalue weighted by molar-refractivity contribution is -0.110. The van der Waals surface area contributed by atoms with Crippen molar-refractivity contribution in [3.05, 3.63) is 41.5 Å². The third kappa shape index (κ3) is 2.90. The summed E-state index contributed by atoms with van der Waals surface area (Å²) in [5, 5.41) is 31.1. The van der Waals surface area contributed by atoms with Gasteiger partial charge in [0.2, 0.25) is 10.0 Å². The van der Waals surface area contributed by atoms with E-state index in [0.717, 1.165) is 0 Å². The molecule has 5 N–H and O–H groups in total. The fourth-order valence-corrected chi connectivity index (χ4v) is 3.23. The molecule has 9 heteroatoms. The summed E-state index contributed by atoms with van der Waals surface area (Å²) >= 11 is 0. The van der Waals surface area contributed by atoms with Crippen LogP contribution in [0.15, 0.2) is 35.2 Å². The predicted molar refractivity (Wildman–Crippen MR) is 90.6 cm³/mol. The molecule has 25 heavy (non-hydrogen) atoms. The molecule has 0 radical (unpaired) electrons. The molecular weight excluding hydrogens is 348 g/mol. The van der Waals surface area contributed by atoms with E-state index in [2.05, 4.69) is 10.0 Å². The molecule has 0 saturated heterocycles. The van der Waals surface area contributed by atoms with Gasteiger partial charge in [0.25, 0.3) is 5.91 Å². The first-order chi connectivity index (χ1) is 11.7. The van der Waals surface area contributed by atoms with Crippen molar-refractivity contribution in [2.45, 2.75) is 4.90 Å². The van der Waals surface area contributed by atoms with Crippen LogP contribution in [0.2, 0.25) is 0 Å². The maximum atomic E-state index is 12.2. The number of sulfonamides is 1. The Morgan fingerprint density at radius 1 is 1.08 bits per heavy atom. The summed E-state index contributed by atoms with van der Waals surface area (Å²) in [6.07, 6.45) is 1.37. The van der Waals surface area contributed by atoms with Gasteiger partial charge in [-0.3, -0.25) is 4.79 Å². The maximum absolute atomic E-state index is 12.2. The van der Waals surface area contributed by atoms with Crippen molar-refractivity contribution in [1.29, 1.82) is 0 Å². The minimum atomic E-state index is -3.68. The summed E-state index contributed by atoms with van der Waals surface area (Å²) in [6.45, 7) is 0. The summed E-state index contributed by atoms with van der Waals surface area (Å²) < 4.78 is 26.1. The van der Waals surface area contributed by atoms with Gasteiger partial charge in [0.1, 0.15) is 0 Å². The Bertz CT molecular complexity index is 1000. The molecule has 3 rings (SSSR count). The number of carbonyl (C=O) groups is 1. The minimum absolute atomic E-state index is 0.00690. The number of phenolic OH excluding ortho intramolecular Hbond substituents is 3. The highest BCUT2D eigenvalue weighted by Crippen LogP contribution is 2.39. The van der Waals surface area contributed by atoms with Gasteiger partial charge in [-0.1, -0.05) is 0 Å². The monoisotopic (exact) mass is 362 g/mol. The van der Waals surface area contributed by atoms with Crippen molar-refractivity contribution in [2.24, 2.45) is 0 Å². The van der Waals surface area contributed by atoms with Gasteiger partial charge < -0.3 is 20.6 Å². The van der Waals surface area contributed by atoms with Gasteiger partial charge in [0.15, 0.2) is 17.2 Å². The van der Waals surface area contributed by atoms with Crippen LogP contribution in [0.3, 0.4) is 0 Å². The molecule has 0 aromatic heterocycles. The smallest absolute Gasteiger partial charge is 0.256 e. The van der Waals surface area contributed by atoms with Gasteiger partial charge >= 0.3 is 0 Å². The third-order valence-electron chi connectivity index (χ3n) is 3.76. The first kappa shape index (κ1) is 16.8. The molecule has 2 aromatic carbocycles. The molecule has 1 aliphatic rings. The quantitative estimate of drug-likeness (QED) is 0.411. The SMILES string of the molecule is CNS(=O)(=O)c1ccc2c(c1)C(=Cc1cc(O)c(O)c(O)c1)C(=O)N2. The molecule has 8 nitrogen and oxygen atoms in total. The molecule has 0 saturated carbocycles. The number of hydrogen-bond acceptors (Lipinski definition) is 6. The van der Waals surface area contributed by atoms with E-state index in [1.165, 1.54) is 43.5 Å². The number of nitrogens with one attached hydrogen (secondary N) is 2. The van der Waals surface area contributed by atoms with E-state index < -0.39 is 33.2 Å². The number of aromatic hydroxyl groups is 3. The minimum Gasteiger partial charge on any atom is -0.504 e. The lowest BCUT2D eigenvalue weighted by Gasteiger charge is -2.06. The molecule has 130 valence electrons. The van der Waals surface area contributed by atoms with E-state index in [0.29, 0.717) is 11.3 Å². The van der Waals surface area contributed by atoms with E-state index in [-0.39, 0.29) is 16.0 Å². The maximum Gasteiger partial charge on any atom is 0.256 e. The van der Waals surface area contributed by atoms with Crippen LogP contribution in [0, 0.1) is 0 Å². The normalized spacial score (nSPS) is 15.2. The van der Waals surface area contributed by atoms with E-state index in [1.54, 1.807) is 0 Å². The Morgan fingerprint density at radius 3 is 2.32 bits per heavy atom. The molecule has 0 bridgehead atoms. The van der Waals surface area contributed by atoms with E-state index in [4.69, 9.17) is 0 Å². The molecule has 2 aromatic rings. The van der Waals surface area contributed by atoms with Crippen molar-refractivity contribution in [3.63, 3.8) is 0 Å². The van der Waals surface area contributed by atoms with E-state index in [1.807, 2.05) is 0 Å². The molecule has 1 amide bonds. The first-order valence-corrected chi connectivity index (χ1v) is 8.57. The second-order valence-electron chi connectivity index (χ2n) is 5.33. The Labute approximate surface area is 143 Å². The first-order valence-electron chi connectivity index (χ1n) is 7.09. The van der Waals surface area contributed by atoms with Gasteiger partial charge in [-0.25, -0.2) is 13.1 Å². The fraction of sp³-hybridized carbons (Fsp3) is 0.0625. The van der Waals surface area contributed by atoms with Gasteiger partial charge in [0.05, 0.1) is 4.90 Å². The standard InChI is InChI=1S/C16H14N2O6S/c1-17-25(23,24)9-2-3-12-10(7-9)11(16(22)18-12)4-8-5-13(19)15(21)14(20)6-8/h2-7,17,19-21H,1H3,(H,18,22). The van der Waals surface area contributed by atoms with Gasteiger partial charge in [-0.2, -0.15) is 0 Å². The summed E-state index contributed by atoms with van der Waals surface area (Å²) in [5.74, 6) is -2.21. The van der Waals surface area contributed by atoms with Crippen molar-refractivity contribution in [3.8, 4) is 17.2 Å². The van der Waals surface area contributed by atoms with Crippen LogP contribution in [0.1, 0.15) is 11.1 Å². The predicted octanol–water partition coefficient (Wildman–Crippen LogP) is 1.20. The van der Waals surface area contributed by atoms with Crippen LogP contribution in [0.5, 0.6) is 17.2 Å². The number of hydrogen-bond donors (Lipinski definition) is 5. The van der Waals surface area contributed by atoms with Crippen molar-refractivity contribution < 1.29 is 28.5 Å². The van der Waals surface area contributed by atoms with Crippen LogP contribution in [0.4, 0.5) is 5.69 Å². The Kier molecular flexibility index (Phi) is 3.90. The lowest BCUT2D eigenvalue weighted by Crippen LogP contribution is -2.18. The third-order valence-corrected chi connectivity index (χ3v) is 5.17. The molecule has 0 unspecified atom stereocenters. The lowest BCUT2D eigenvalue weighted by atomic mass is 10.0. The number of benzene rings is 2. The van der Waals surface area contributed by atoms with Gasteiger partial charge in [0, 0.05) is 16.8 Å². The molecular formula is C16H14N2O6S. The average Bonchev–Trinajstić information content (AvgIpc) is 2.87. The van der Waals surface area contributed by atoms with Gasteiger partial charge in [-0.05, 0) is 49.0 Å². The zero-order chi connectivity index (χ0) is 18.4. The van der Waals surface area contributed by atoms with Crippen LogP contribution >= 0.6 is 0 Å². The molecule has 0 fully saturated rings. The topological polar surface area (TPSA) is 136 Å². The Hall–Kier alpha value is -3.04. The second-order valence-corrected chi connectivity index (χ2v) is 7.22. The van der Waals surface area contributed by atoms with Crippen LogP contribution in [0.25, 0.3) is 11.6 Å². The van der Waals surface area contributed by atoms with E-state index in [9.17, 15) is 28.5 Å². The zero-order valence-electron chi connectivity index (χ0n) is 12.9. The number of carbonyl (C=O) groups excluding carboxylic acids is 1. The Balaban J connectivity index is 2.14. The van der Waals surface area contributed by atoms with Gasteiger partial charge in [-0.15, -0.1) is 0 Å². The fourth-order valence-electron chi connectivity index (χ4n) is 2.47. The largest absolute Gasteiger partial charge is 0.504 e. The van der Waals surface area contributed by atoms with Crippen LogP contribution in [-0.4, -0.2) is 36.7 Å². The highest BCUT2D eigenvalue weighted by molar-refractivity contribution is 7.89. The zero-order valence-corrected chi connectivity index (χ0v) is 13.8. The highest BCUT2D eigenvalue weighted by atomic mass is 32.2. The molecule has 0 spiro atoms. The van der Waals surface area contributed by atoms with E-state index >= 15 is 0 Å².